The van der Waals surface area contributed by atoms with E-state index in [-0.39, 0.29) is 24.1 Å². The van der Waals surface area contributed by atoms with Crippen LogP contribution >= 0.6 is 0 Å². The van der Waals surface area contributed by atoms with Crippen molar-refractivity contribution in [1.29, 1.82) is 0 Å². The van der Waals surface area contributed by atoms with E-state index in [0.717, 1.165) is 12.1 Å². The van der Waals surface area contributed by atoms with Crippen LogP contribution in [0, 0.1) is 0 Å². The minimum absolute atomic E-state index is 0.105. The van der Waals surface area contributed by atoms with Crippen LogP contribution in [0.1, 0.15) is 18.4 Å². The Morgan fingerprint density at radius 2 is 1.77 bits per heavy atom. The van der Waals surface area contributed by atoms with Crippen molar-refractivity contribution in [2.75, 3.05) is 13.1 Å². The first-order valence-corrected chi connectivity index (χ1v) is 9.60. The van der Waals surface area contributed by atoms with E-state index in [9.17, 15) is 21.6 Å². The molecule has 4 nitrogen and oxygen atoms in total. The Bertz CT molecular complexity index is 853. The van der Waals surface area contributed by atoms with Gasteiger partial charge in [0.2, 0.25) is 10.0 Å². The minimum atomic E-state index is -4.59. The number of benzene rings is 2. The first-order valence-electron chi connectivity index (χ1n) is 8.16. The number of piperidine rings is 1. The number of halogens is 3. The van der Waals surface area contributed by atoms with Crippen LogP contribution in [0.4, 0.5) is 13.2 Å². The number of sulfonamides is 1. The Hall–Kier alpha value is -2.06. The lowest BCUT2D eigenvalue weighted by Gasteiger charge is -2.32. The van der Waals surface area contributed by atoms with E-state index in [1.807, 2.05) is 18.2 Å². The van der Waals surface area contributed by atoms with Crippen LogP contribution in [0.3, 0.4) is 0 Å². The fourth-order valence-electron chi connectivity index (χ4n) is 2.89. The summed E-state index contributed by atoms with van der Waals surface area (Å²) in [6, 6.07) is 12.9. The Morgan fingerprint density at radius 1 is 1.04 bits per heavy atom. The highest BCUT2D eigenvalue weighted by molar-refractivity contribution is 7.89. The van der Waals surface area contributed by atoms with Crippen LogP contribution in [0.2, 0.25) is 0 Å². The number of hydrogen-bond acceptors (Lipinski definition) is 3. The van der Waals surface area contributed by atoms with Crippen molar-refractivity contribution in [2.24, 2.45) is 0 Å². The highest BCUT2D eigenvalue weighted by atomic mass is 32.2. The van der Waals surface area contributed by atoms with E-state index in [1.165, 1.54) is 10.4 Å². The highest BCUT2D eigenvalue weighted by Crippen LogP contribution is 2.31. The molecule has 1 atom stereocenters. The number of hydrogen-bond donors (Lipinski definition) is 0. The second-order valence-electron chi connectivity index (χ2n) is 6.08. The molecule has 2 aromatic carbocycles. The van der Waals surface area contributed by atoms with Crippen LogP contribution in [0.5, 0.6) is 5.75 Å². The van der Waals surface area contributed by atoms with Gasteiger partial charge in [-0.1, -0.05) is 24.3 Å². The maximum Gasteiger partial charge on any atom is 0.416 e. The van der Waals surface area contributed by atoms with E-state index in [4.69, 9.17) is 4.74 Å². The summed E-state index contributed by atoms with van der Waals surface area (Å²) in [4.78, 5) is -0.354. The summed E-state index contributed by atoms with van der Waals surface area (Å²) in [5.41, 5.74) is -0.979. The first kappa shape index (κ1) is 18.7. The zero-order valence-corrected chi connectivity index (χ0v) is 14.6. The van der Waals surface area contributed by atoms with Gasteiger partial charge < -0.3 is 4.74 Å². The monoisotopic (exact) mass is 385 g/mol. The molecule has 0 aliphatic carbocycles. The molecule has 0 N–H and O–H groups in total. The summed E-state index contributed by atoms with van der Waals surface area (Å²) in [6.45, 7) is 0.362. The molecule has 26 heavy (non-hydrogen) atoms. The van der Waals surface area contributed by atoms with Gasteiger partial charge in [-0.25, -0.2) is 8.42 Å². The fourth-order valence-corrected chi connectivity index (χ4v) is 4.45. The summed E-state index contributed by atoms with van der Waals surface area (Å²) < 4.78 is 71.2. The Labute approximate surface area is 150 Å². The molecule has 8 heteroatoms. The number of alkyl halides is 3. The van der Waals surface area contributed by atoms with Crippen LogP contribution in [-0.4, -0.2) is 31.9 Å². The molecule has 3 rings (SSSR count). The molecule has 140 valence electrons. The summed E-state index contributed by atoms with van der Waals surface area (Å²) in [5, 5.41) is 0. The summed E-state index contributed by atoms with van der Waals surface area (Å²) in [5.74, 6) is 0.635. The van der Waals surface area contributed by atoms with E-state index in [1.54, 1.807) is 12.1 Å². The van der Waals surface area contributed by atoms with Gasteiger partial charge in [0.05, 0.1) is 17.0 Å². The maximum atomic E-state index is 12.9. The molecule has 0 spiro atoms. The maximum absolute atomic E-state index is 12.9. The molecule has 0 aromatic heterocycles. The molecular weight excluding hydrogens is 367 g/mol. The molecule has 1 saturated heterocycles. The molecular formula is C18H18F3NO3S. The van der Waals surface area contributed by atoms with Crippen molar-refractivity contribution in [3.05, 3.63) is 60.2 Å². The summed E-state index contributed by atoms with van der Waals surface area (Å²) in [6.07, 6.45) is -3.67. The van der Waals surface area contributed by atoms with Crippen molar-refractivity contribution < 1.29 is 26.3 Å². The molecule has 1 aliphatic rings. The van der Waals surface area contributed by atoms with Gasteiger partial charge in [-0.05, 0) is 43.2 Å². The average molecular weight is 385 g/mol. The van der Waals surface area contributed by atoms with Crippen LogP contribution < -0.4 is 4.74 Å². The van der Waals surface area contributed by atoms with E-state index >= 15 is 0 Å². The normalized spacial score (nSPS) is 19.3. The van der Waals surface area contributed by atoms with Gasteiger partial charge in [-0.2, -0.15) is 17.5 Å². The molecule has 1 fully saturated rings. The molecule has 1 heterocycles. The molecule has 1 aliphatic heterocycles. The lowest BCUT2D eigenvalue weighted by Crippen LogP contribution is -2.44. The third kappa shape index (κ3) is 4.19. The second-order valence-corrected chi connectivity index (χ2v) is 8.02. The quantitative estimate of drug-likeness (QED) is 0.801. The molecule has 0 bridgehead atoms. The predicted octanol–water partition coefficient (Wildman–Crippen LogP) is 3.94. The smallest absolute Gasteiger partial charge is 0.416 e. The SMILES string of the molecule is O=S(=O)(c1cccc(C(F)(F)F)c1)N1CCCC(Oc2ccccc2)C1. The number of nitrogens with zero attached hydrogens (tertiary/aromatic N) is 1. The van der Waals surface area contributed by atoms with Gasteiger partial charge in [0, 0.05) is 6.54 Å². The summed E-state index contributed by atoms with van der Waals surface area (Å²) >= 11 is 0. The Kier molecular flexibility index (Phi) is 5.24. The number of rotatable bonds is 4. The Balaban J connectivity index is 1.79. The average Bonchev–Trinajstić information content (AvgIpc) is 2.62. The van der Waals surface area contributed by atoms with Crippen LogP contribution in [-0.2, 0) is 16.2 Å². The lowest BCUT2D eigenvalue weighted by atomic mass is 10.1. The molecule has 0 radical (unpaired) electrons. The zero-order chi connectivity index (χ0) is 18.8. The lowest BCUT2D eigenvalue weighted by molar-refractivity contribution is -0.137. The van der Waals surface area contributed by atoms with Gasteiger partial charge in [0.25, 0.3) is 0 Å². The van der Waals surface area contributed by atoms with E-state index in [0.29, 0.717) is 24.7 Å². The Morgan fingerprint density at radius 3 is 2.46 bits per heavy atom. The largest absolute Gasteiger partial charge is 0.489 e. The van der Waals surface area contributed by atoms with Gasteiger partial charge >= 0.3 is 6.18 Å². The standard InChI is InChI=1S/C18H18F3NO3S/c19-18(20,21)14-6-4-10-17(12-14)26(23,24)22-11-5-9-16(13-22)25-15-7-2-1-3-8-15/h1-4,6-8,10,12,16H,5,9,11,13H2. The topological polar surface area (TPSA) is 46.6 Å². The van der Waals surface area contributed by atoms with Crippen molar-refractivity contribution in [3.63, 3.8) is 0 Å². The van der Waals surface area contributed by atoms with Crippen molar-refractivity contribution in [1.82, 2.24) is 4.31 Å². The number of ether oxygens (including phenoxy) is 1. The minimum Gasteiger partial charge on any atom is -0.489 e. The van der Waals surface area contributed by atoms with Crippen molar-refractivity contribution in [2.45, 2.75) is 30.0 Å². The van der Waals surface area contributed by atoms with Crippen molar-refractivity contribution in [3.8, 4) is 5.75 Å². The second kappa shape index (κ2) is 7.28. The third-order valence-electron chi connectivity index (χ3n) is 4.19. The molecule has 0 amide bonds. The van der Waals surface area contributed by atoms with Gasteiger partial charge in [-0.15, -0.1) is 0 Å². The fraction of sp³-hybridized carbons (Fsp3) is 0.333. The summed E-state index contributed by atoms with van der Waals surface area (Å²) in [7, 11) is -4.02. The zero-order valence-electron chi connectivity index (χ0n) is 13.8. The third-order valence-corrected chi connectivity index (χ3v) is 6.05. The molecule has 1 unspecified atom stereocenters. The van der Waals surface area contributed by atoms with E-state index < -0.39 is 21.8 Å². The van der Waals surface area contributed by atoms with E-state index in [2.05, 4.69) is 0 Å². The molecule has 2 aromatic rings. The first-order chi connectivity index (χ1) is 12.3. The van der Waals surface area contributed by atoms with Gasteiger partial charge in [-0.3, -0.25) is 0 Å². The van der Waals surface area contributed by atoms with Crippen LogP contribution in [0.15, 0.2) is 59.5 Å². The predicted molar refractivity (Wildman–Crippen MR) is 90.3 cm³/mol. The van der Waals surface area contributed by atoms with Crippen molar-refractivity contribution >= 4 is 10.0 Å². The van der Waals surface area contributed by atoms with Gasteiger partial charge in [0.1, 0.15) is 11.9 Å². The highest BCUT2D eigenvalue weighted by Gasteiger charge is 2.35. The number of para-hydroxylation sites is 1. The molecule has 0 saturated carbocycles. The van der Waals surface area contributed by atoms with Gasteiger partial charge in [0.15, 0.2) is 0 Å². The van der Waals surface area contributed by atoms with Crippen LogP contribution in [0.25, 0.3) is 0 Å².